The topological polar surface area (TPSA) is 91.8 Å². The number of thiazole rings is 1. The summed E-state index contributed by atoms with van der Waals surface area (Å²) in [5.74, 6) is -0.408. The molecular weight excluding hydrogens is 426 g/mol. The molecule has 0 radical (unpaired) electrons. The maximum absolute atomic E-state index is 12.1. The molecule has 2 N–H and O–H groups in total. The normalized spacial score (nSPS) is 10.6. The fraction of sp³-hybridized carbons (Fsp3) is 0.292. The van der Waals surface area contributed by atoms with Crippen molar-refractivity contribution in [2.45, 2.75) is 26.3 Å². The summed E-state index contributed by atoms with van der Waals surface area (Å²) in [5.41, 5.74) is 3.51. The van der Waals surface area contributed by atoms with Crippen molar-refractivity contribution in [3.63, 3.8) is 0 Å². The number of anilines is 1. The number of amides is 1. The molecule has 8 heteroatoms. The van der Waals surface area contributed by atoms with Crippen molar-refractivity contribution in [1.29, 1.82) is 0 Å². The van der Waals surface area contributed by atoms with Crippen LogP contribution in [-0.2, 0) is 11.3 Å². The highest BCUT2D eigenvalue weighted by molar-refractivity contribution is 7.14. The molecule has 1 heterocycles. The predicted molar refractivity (Wildman–Crippen MR) is 126 cm³/mol. The number of aromatic nitrogens is 1. The van der Waals surface area contributed by atoms with Crippen molar-refractivity contribution < 1.29 is 19.4 Å². The lowest BCUT2D eigenvalue weighted by atomic mass is 10.1. The first-order chi connectivity index (χ1) is 15.5. The van der Waals surface area contributed by atoms with Gasteiger partial charge in [0.05, 0.1) is 19.2 Å². The molecule has 0 bridgehead atoms. The second kappa shape index (κ2) is 11.3. The van der Waals surface area contributed by atoms with Gasteiger partial charge >= 0.3 is 5.97 Å². The first-order valence-electron chi connectivity index (χ1n) is 10.4. The molecule has 0 aliphatic carbocycles. The Balaban J connectivity index is 1.68. The number of carboxylic acid groups (broad SMARTS) is 1. The van der Waals surface area contributed by atoms with E-state index in [-0.39, 0.29) is 18.9 Å². The van der Waals surface area contributed by atoms with Gasteiger partial charge in [-0.15, -0.1) is 11.3 Å². The van der Waals surface area contributed by atoms with Crippen LogP contribution in [0.15, 0.2) is 53.9 Å². The van der Waals surface area contributed by atoms with E-state index >= 15 is 0 Å². The molecule has 1 aromatic heterocycles. The number of nitrogens with zero attached hydrogens (tertiary/aromatic N) is 2. The van der Waals surface area contributed by atoms with Crippen LogP contribution < -0.4 is 15.0 Å². The first-order valence-corrected chi connectivity index (χ1v) is 11.3. The third kappa shape index (κ3) is 6.31. The summed E-state index contributed by atoms with van der Waals surface area (Å²) in [7, 11) is 1.65. The lowest BCUT2D eigenvalue weighted by molar-refractivity contribution is -0.136. The van der Waals surface area contributed by atoms with E-state index in [0.717, 1.165) is 40.7 Å². The van der Waals surface area contributed by atoms with Crippen LogP contribution in [0.1, 0.15) is 35.7 Å². The van der Waals surface area contributed by atoms with Gasteiger partial charge in [0, 0.05) is 36.1 Å². The quantitative estimate of drug-likeness (QED) is 0.446. The zero-order chi connectivity index (χ0) is 22.9. The second-order valence-electron chi connectivity index (χ2n) is 7.27. The molecule has 2 aromatic carbocycles. The fourth-order valence-corrected chi connectivity index (χ4v) is 4.07. The molecule has 0 aliphatic rings. The first kappa shape index (κ1) is 23.3. The summed E-state index contributed by atoms with van der Waals surface area (Å²) in [6.07, 6.45) is 0.888. The van der Waals surface area contributed by atoms with Gasteiger partial charge in [0.2, 0.25) is 0 Å². The number of benzene rings is 2. The molecule has 3 aromatic rings. The molecule has 1 amide bonds. The van der Waals surface area contributed by atoms with Gasteiger partial charge in [-0.25, -0.2) is 4.98 Å². The summed E-state index contributed by atoms with van der Waals surface area (Å²) >= 11 is 1.61. The molecule has 0 aliphatic heterocycles. The Labute approximate surface area is 191 Å². The SMILES string of the molecule is CCCN(Cc1ccc(C(=O)NCCC(=O)O)cc1)c1nc(-c2cccc(OC)c2)cs1. The average Bonchev–Trinajstić information content (AvgIpc) is 3.29. The van der Waals surface area contributed by atoms with Gasteiger partial charge in [-0.1, -0.05) is 31.2 Å². The standard InChI is InChI=1S/C24H27N3O4S/c1-3-13-27(24-26-21(16-32-24)19-5-4-6-20(14-19)31-2)15-17-7-9-18(10-8-17)23(30)25-12-11-22(28)29/h4-10,14,16H,3,11-13,15H2,1-2H3,(H,25,30)(H,28,29). The number of methoxy groups -OCH3 is 1. The van der Waals surface area contributed by atoms with Crippen molar-refractivity contribution in [2.75, 3.05) is 25.1 Å². The van der Waals surface area contributed by atoms with Gasteiger partial charge in [-0.3, -0.25) is 9.59 Å². The maximum atomic E-state index is 12.1. The molecule has 3 rings (SSSR count). The Morgan fingerprint density at radius 2 is 1.97 bits per heavy atom. The Kier molecular flexibility index (Phi) is 8.21. The number of hydrogen-bond acceptors (Lipinski definition) is 6. The molecule has 0 saturated carbocycles. The van der Waals surface area contributed by atoms with Crippen LogP contribution in [0.5, 0.6) is 5.75 Å². The minimum Gasteiger partial charge on any atom is -0.497 e. The summed E-state index contributed by atoms with van der Waals surface area (Å²) in [6.45, 7) is 3.79. The van der Waals surface area contributed by atoms with Gasteiger partial charge in [0.25, 0.3) is 5.91 Å². The van der Waals surface area contributed by atoms with E-state index in [1.54, 1.807) is 30.6 Å². The van der Waals surface area contributed by atoms with Crippen molar-refractivity contribution in [1.82, 2.24) is 10.3 Å². The molecular formula is C24H27N3O4S. The predicted octanol–water partition coefficient (Wildman–Crippen LogP) is 4.44. The summed E-state index contributed by atoms with van der Waals surface area (Å²) in [6, 6.07) is 15.2. The zero-order valence-corrected chi connectivity index (χ0v) is 19.0. The van der Waals surface area contributed by atoms with E-state index < -0.39 is 5.97 Å². The summed E-state index contributed by atoms with van der Waals surface area (Å²) < 4.78 is 5.32. The third-order valence-corrected chi connectivity index (χ3v) is 5.74. The van der Waals surface area contributed by atoms with Crippen LogP contribution in [0.4, 0.5) is 5.13 Å². The van der Waals surface area contributed by atoms with E-state index in [1.807, 2.05) is 36.4 Å². The molecule has 0 spiro atoms. The number of hydrogen-bond donors (Lipinski definition) is 2. The van der Waals surface area contributed by atoms with Crippen LogP contribution in [0.25, 0.3) is 11.3 Å². The minimum absolute atomic E-state index is 0.0959. The second-order valence-corrected chi connectivity index (χ2v) is 8.10. The number of carboxylic acids is 1. The Bertz CT molecular complexity index is 1050. The molecule has 32 heavy (non-hydrogen) atoms. The lowest BCUT2D eigenvalue weighted by Gasteiger charge is -2.21. The van der Waals surface area contributed by atoms with Gasteiger partial charge in [0.1, 0.15) is 5.75 Å². The van der Waals surface area contributed by atoms with Crippen LogP contribution in [0.3, 0.4) is 0 Å². The largest absolute Gasteiger partial charge is 0.497 e. The van der Waals surface area contributed by atoms with E-state index in [2.05, 4.69) is 22.5 Å². The lowest BCUT2D eigenvalue weighted by Crippen LogP contribution is -2.26. The van der Waals surface area contributed by atoms with Crippen molar-refractivity contribution in [2.24, 2.45) is 0 Å². The Morgan fingerprint density at radius 1 is 1.19 bits per heavy atom. The molecule has 0 saturated heterocycles. The van der Waals surface area contributed by atoms with Crippen LogP contribution in [0.2, 0.25) is 0 Å². The number of rotatable bonds is 11. The third-order valence-electron chi connectivity index (χ3n) is 4.84. The number of carbonyl (C=O) groups excluding carboxylic acids is 1. The number of carbonyl (C=O) groups is 2. The van der Waals surface area contributed by atoms with Crippen LogP contribution >= 0.6 is 11.3 Å². The van der Waals surface area contributed by atoms with Crippen molar-refractivity contribution in [3.8, 4) is 17.0 Å². The van der Waals surface area contributed by atoms with Crippen molar-refractivity contribution in [3.05, 3.63) is 65.0 Å². The van der Waals surface area contributed by atoms with Crippen LogP contribution in [0, 0.1) is 0 Å². The van der Waals surface area contributed by atoms with Crippen LogP contribution in [-0.4, -0.2) is 42.2 Å². The fourth-order valence-electron chi connectivity index (χ4n) is 3.20. The molecule has 0 unspecified atom stereocenters. The number of ether oxygens (including phenoxy) is 1. The number of aliphatic carboxylic acids is 1. The van der Waals surface area contributed by atoms with Gasteiger partial charge in [-0.05, 0) is 36.2 Å². The summed E-state index contributed by atoms with van der Waals surface area (Å²) in [4.78, 5) is 29.8. The minimum atomic E-state index is -0.937. The average molecular weight is 454 g/mol. The monoisotopic (exact) mass is 453 g/mol. The van der Waals surface area contributed by atoms with E-state index in [1.165, 1.54) is 0 Å². The van der Waals surface area contributed by atoms with E-state index in [4.69, 9.17) is 14.8 Å². The Hall–Kier alpha value is -3.39. The van der Waals surface area contributed by atoms with Gasteiger partial charge in [-0.2, -0.15) is 0 Å². The molecule has 7 nitrogen and oxygen atoms in total. The number of nitrogens with one attached hydrogen (secondary N) is 1. The van der Waals surface area contributed by atoms with Gasteiger partial charge in [0.15, 0.2) is 5.13 Å². The zero-order valence-electron chi connectivity index (χ0n) is 18.2. The van der Waals surface area contributed by atoms with Crippen molar-refractivity contribution >= 4 is 28.3 Å². The highest BCUT2D eigenvalue weighted by atomic mass is 32.1. The molecule has 168 valence electrons. The Morgan fingerprint density at radius 3 is 2.66 bits per heavy atom. The highest BCUT2D eigenvalue weighted by Gasteiger charge is 2.13. The maximum Gasteiger partial charge on any atom is 0.305 e. The summed E-state index contributed by atoms with van der Waals surface area (Å²) in [5, 5.41) is 14.3. The highest BCUT2D eigenvalue weighted by Crippen LogP contribution is 2.30. The van der Waals surface area contributed by atoms with E-state index in [0.29, 0.717) is 12.1 Å². The molecule has 0 atom stereocenters. The van der Waals surface area contributed by atoms with Gasteiger partial charge < -0.3 is 20.1 Å². The molecule has 0 fully saturated rings. The van der Waals surface area contributed by atoms with E-state index in [9.17, 15) is 9.59 Å². The smallest absolute Gasteiger partial charge is 0.305 e.